The smallest absolute Gasteiger partial charge is 0.264 e. The fourth-order valence-corrected chi connectivity index (χ4v) is 3.13. The second-order valence-electron chi connectivity index (χ2n) is 6.56. The highest BCUT2D eigenvalue weighted by Crippen LogP contribution is 2.25. The summed E-state index contributed by atoms with van der Waals surface area (Å²) in [5, 5.41) is 0.719. The van der Waals surface area contributed by atoms with Crippen molar-refractivity contribution in [2.75, 3.05) is 6.26 Å². The van der Waals surface area contributed by atoms with Gasteiger partial charge in [0.05, 0.1) is 11.0 Å². The largest absolute Gasteiger partial charge is 0.268 e. The molecular formula is C19H20N2OS. The lowest BCUT2D eigenvalue weighted by molar-refractivity contribution is 0.0955. The highest BCUT2D eigenvalue weighted by molar-refractivity contribution is 7.98. The maximum Gasteiger partial charge on any atom is 0.264 e. The third-order valence-corrected chi connectivity index (χ3v) is 4.55. The summed E-state index contributed by atoms with van der Waals surface area (Å²) in [5.41, 5.74) is 3.66. The number of carbonyl (C=O) groups excluding carboxylic acids is 1. The molecule has 0 atom stereocenters. The second kappa shape index (κ2) is 5.85. The first kappa shape index (κ1) is 15.8. The maximum atomic E-state index is 13.0. The van der Waals surface area contributed by atoms with Crippen LogP contribution < -0.4 is 0 Å². The summed E-state index contributed by atoms with van der Waals surface area (Å²) in [6.07, 6.45) is 1.94. The summed E-state index contributed by atoms with van der Waals surface area (Å²) < 4.78 is 1.70. The Morgan fingerprint density at radius 2 is 1.70 bits per heavy atom. The van der Waals surface area contributed by atoms with Gasteiger partial charge in [-0.3, -0.25) is 9.36 Å². The third-order valence-electron chi connectivity index (χ3n) is 3.91. The lowest BCUT2D eigenvalue weighted by Gasteiger charge is -2.19. The van der Waals surface area contributed by atoms with Crippen molar-refractivity contribution in [2.24, 2.45) is 0 Å². The van der Waals surface area contributed by atoms with Gasteiger partial charge in [0, 0.05) is 5.56 Å². The third kappa shape index (κ3) is 2.91. The summed E-state index contributed by atoms with van der Waals surface area (Å²) in [5.74, 6) is -0.0384. The van der Waals surface area contributed by atoms with Gasteiger partial charge in [0.2, 0.25) is 0 Å². The molecule has 0 saturated carbocycles. The normalized spacial score (nSPS) is 11.8. The van der Waals surface area contributed by atoms with Gasteiger partial charge in [-0.05, 0) is 41.5 Å². The number of thioether (sulfide) groups is 1. The fraction of sp³-hybridized carbons (Fsp3) is 0.263. The number of benzene rings is 2. The van der Waals surface area contributed by atoms with Crippen molar-refractivity contribution in [1.29, 1.82) is 0 Å². The van der Waals surface area contributed by atoms with Gasteiger partial charge in [-0.15, -0.1) is 0 Å². The molecule has 1 aromatic heterocycles. The molecule has 0 unspecified atom stereocenters. The molecule has 4 heteroatoms. The highest BCUT2D eigenvalue weighted by Gasteiger charge is 2.19. The number of carbonyl (C=O) groups is 1. The van der Waals surface area contributed by atoms with Crippen LogP contribution in [-0.4, -0.2) is 21.7 Å². The zero-order valence-electron chi connectivity index (χ0n) is 13.8. The van der Waals surface area contributed by atoms with E-state index in [0.29, 0.717) is 5.56 Å². The van der Waals surface area contributed by atoms with E-state index in [9.17, 15) is 4.79 Å². The lowest BCUT2D eigenvalue weighted by atomic mass is 9.87. The van der Waals surface area contributed by atoms with Gasteiger partial charge in [-0.25, -0.2) is 4.98 Å². The molecule has 3 rings (SSSR count). The standard InChI is InChI=1S/C19H20N2OS/c1-19(2,3)14-11-9-13(10-12-14)17(22)21-16-8-6-5-7-15(16)20-18(21)23-4/h5-12H,1-4H3. The number of fused-ring (bicyclic) bond motifs is 1. The van der Waals surface area contributed by atoms with Gasteiger partial charge in [-0.1, -0.05) is 56.8 Å². The number of nitrogens with zero attached hydrogens (tertiary/aromatic N) is 2. The molecule has 1 heterocycles. The molecule has 23 heavy (non-hydrogen) atoms. The molecule has 0 aliphatic rings. The van der Waals surface area contributed by atoms with E-state index in [2.05, 4.69) is 25.8 Å². The predicted octanol–water partition coefficient (Wildman–Crippen LogP) is 4.74. The van der Waals surface area contributed by atoms with E-state index in [1.807, 2.05) is 54.8 Å². The molecule has 3 nitrogen and oxygen atoms in total. The first-order chi connectivity index (χ1) is 10.9. The molecule has 0 N–H and O–H groups in total. The number of aromatic nitrogens is 2. The van der Waals surface area contributed by atoms with Crippen molar-refractivity contribution in [3.8, 4) is 0 Å². The first-order valence-corrected chi connectivity index (χ1v) is 8.81. The van der Waals surface area contributed by atoms with Crippen LogP contribution in [-0.2, 0) is 5.41 Å². The van der Waals surface area contributed by atoms with Crippen LogP contribution >= 0.6 is 11.8 Å². The summed E-state index contributed by atoms with van der Waals surface area (Å²) in [6.45, 7) is 6.50. The van der Waals surface area contributed by atoms with Crippen molar-refractivity contribution < 1.29 is 4.79 Å². The van der Waals surface area contributed by atoms with Crippen LogP contribution in [0.2, 0.25) is 0 Å². The zero-order valence-corrected chi connectivity index (χ0v) is 14.6. The lowest BCUT2D eigenvalue weighted by Crippen LogP contribution is -2.15. The zero-order chi connectivity index (χ0) is 16.6. The molecule has 0 amide bonds. The molecule has 0 aliphatic heterocycles. The molecule has 2 aromatic carbocycles. The summed E-state index contributed by atoms with van der Waals surface area (Å²) in [7, 11) is 0. The molecule has 0 radical (unpaired) electrons. The van der Waals surface area contributed by atoms with E-state index in [1.165, 1.54) is 17.3 Å². The van der Waals surface area contributed by atoms with Gasteiger partial charge in [0.15, 0.2) is 5.16 Å². The van der Waals surface area contributed by atoms with E-state index in [-0.39, 0.29) is 11.3 Å². The van der Waals surface area contributed by atoms with Crippen molar-refractivity contribution in [1.82, 2.24) is 9.55 Å². The Morgan fingerprint density at radius 3 is 2.30 bits per heavy atom. The van der Waals surface area contributed by atoms with Crippen LogP contribution in [0.15, 0.2) is 53.7 Å². The van der Waals surface area contributed by atoms with Gasteiger partial charge in [0.1, 0.15) is 0 Å². The van der Waals surface area contributed by atoms with E-state index in [4.69, 9.17) is 0 Å². The SMILES string of the molecule is CSc1nc2ccccc2n1C(=O)c1ccc(C(C)(C)C)cc1. The molecule has 3 aromatic rings. The van der Waals surface area contributed by atoms with E-state index in [1.54, 1.807) is 4.57 Å². The molecule has 0 saturated heterocycles. The second-order valence-corrected chi connectivity index (χ2v) is 7.33. The first-order valence-electron chi connectivity index (χ1n) is 7.58. The Hall–Kier alpha value is -2.07. The predicted molar refractivity (Wildman–Crippen MR) is 96.4 cm³/mol. The molecule has 118 valence electrons. The van der Waals surface area contributed by atoms with Crippen LogP contribution in [0, 0.1) is 0 Å². The monoisotopic (exact) mass is 324 g/mol. The number of hydrogen-bond acceptors (Lipinski definition) is 3. The topological polar surface area (TPSA) is 34.9 Å². The van der Waals surface area contributed by atoms with Gasteiger partial charge < -0.3 is 0 Å². The van der Waals surface area contributed by atoms with Crippen LogP contribution in [0.4, 0.5) is 0 Å². The van der Waals surface area contributed by atoms with Gasteiger partial charge >= 0.3 is 0 Å². The Labute approximate surface area is 140 Å². The van der Waals surface area contributed by atoms with Gasteiger partial charge in [0.25, 0.3) is 5.91 Å². The number of hydrogen-bond donors (Lipinski definition) is 0. The fourth-order valence-electron chi connectivity index (χ4n) is 2.58. The number of rotatable bonds is 2. The molecule has 0 spiro atoms. The average molecular weight is 324 g/mol. The summed E-state index contributed by atoms with van der Waals surface area (Å²) >= 11 is 1.48. The van der Waals surface area contributed by atoms with Gasteiger partial charge in [-0.2, -0.15) is 0 Å². The number of para-hydroxylation sites is 2. The van der Waals surface area contributed by atoms with Crippen LogP contribution in [0.3, 0.4) is 0 Å². The summed E-state index contributed by atoms with van der Waals surface area (Å²) in [6, 6.07) is 15.6. The van der Waals surface area contributed by atoms with Crippen molar-refractivity contribution >= 4 is 28.7 Å². The molecule has 0 fully saturated rings. The summed E-state index contributed by atoms with van der Waals surface area (Å²) in [4.78, 5) is 17.5. The van der Waals surface area contributed by atoms with E-state index in [0.717, 1.165) is 16.2 Å². The Kier molecular flexibility index (Phi) is 4.02. The highest BCUT2D eigenvalue weighted by atomic mass is 32.2. The van der Waals surface area contributed by atoms with E-state index >= 15 is 0 Å². The minimum absolute atomic E-state index is 0.0384. The minimum Gasteiger partial charge on any atom is -0.268 e. The van der Waals surface area contributed by atoms with Crippen LogP contribution in [0.25, 0.3) is 11.0 Å². The maximum absolute atomic E-state index is 13.0. The average Bonchev–Trinajstić information content (AvgIpc) is 2.92. The van der Waals surface area contributed by atoms with Crippen molar-refractivity contribution in [3.05, 3.63) is 59.7 Å². The molecule has 0 aliphatic carbocycles. The van der Waals surface area contributed by atoms with Crippen LogP contribution in [0.5, 0.6) is 0 Å². The molecular weight excluding hydrogens is 304 g/mol. The Balaban J connectivity index is 2.07. The quantitative estimate of drug-likeness (QED) is 0.638. The molecule has 0 bridgehead atoms. The van der Waals surface area contributed by atoms with E-state index < -0.39 is 0 Å². The van der Waals surface area contributed by atoms with Crippen molar-refractivity contribution in [2.45, 2.75) is 31.3 Å². The minimum atomic E-state index is -0.0384. The number of imidazole rings is 1. The Bertz CT molecular complexity index is 857. The van der Waals surface area contributed by atoms with Crippen LogP contribution in [0.1, 0.15) is 36.7 Å². The van der Waals surface area contributed by atoms with Crippen molar-refractivity contribution in [3.63, 3.8) is 0 Å². The Morgan fingerprint density at radius 1 is 1.04 bits per heavy atom.